The summed E-state index contributed by atoms with van der Waals surface area (Å²) in [6.07, 6.45) is 1.54. The summed E-state index contributed by atoms with van der Waals surface area (Å²) in [5.74, 6) is 0.495. The van der Waals surface area contributed by atoms with Crippen LogP contribution in [0.5, 0.6) is 0 Å². The minimum atomic E-state index is -0.295. The standard InChI is InChI=1S/C16H23NO3S/c1-12-11-16(6-5-15(12)7-10-21)17(13(2)18)8-4-9-20-14(3)19/h5-6,11,21H,4,7-10H2,1-3H3. The van der Waals surface area contributed by atoms with E-state index in [0.29, 0.717) is 19.6 Å². The fourth-order valence-corrected chi connectivity index (χ4v) is 2.40. The number of rotatable bonds is 7. The molecule has 5 heteroatoms. The molecule has 116 valence electrons. The lowest BCUT2D eigenvalue weighted by Gasteiger charge is -2.22. The van der Waals surface area contributed by atoms with Crippen molar-refractivity contribution in [2.45, 2.75) is 33.6 Å². The van der Waals surface area contributed by atoms with E-state index in [1.807, 2.05) is 25.1 Å². The summed E-state index contributed by atoms with van der Waals surface area (Å²) < 4.78 is 4.90. The Balaban J connectivity index is 2.74. The highest BCUT2D eigenvalue weighted by atomic mass is 32.1. The third kappa shape index (κ3) is 5.79. The Morgan fingerprint density at radius 3 is 2.52 bits per heavy atom. The molecule has 0 heterocycles. The molecule has 0 unspecified atom stereocenters. The average molecular weight is 309 g/mol. The topological polar surface area (TPSA) is 46.6 Å². The molecule has 0 spiro atoms. The number of nitrogens with zero attached hydrogens (tertiary/aromatic N) is 1. The first-order valence-electron chi connectivity index (χ1n) is 7.07. The van der Waals surface area contributed by atoms with Crippen LogP contribution in [0.4, 0.5) is 5.69 Å². The summed E-state index contributed by atoms with van der Waals surface area (Å²) in [5.41, 5.74) is 3.29. The van der Waals surface area contributed by atoms with Crippen molar-refractivity contribution in [2.75, 3.05) is 23.8 Å². The van der Waals surface area contributed by atoms with Crippen molar-refractivity contribution >= 4 is 30.2 Å². The number of esters is 1. The monoisotopic (exact) mass is 309 g/mol. The molecule has 21 heavy (non-hydrogen) atoms. The number of benzene rings is 1. The summed E-state index contributed by atoms with van der Waals surface area (Å²) in [6.45, 7) is 5.83. The van der Waals surface area contributed by atoms with Crippen molar-refractivity contribution in [1.29, 1.82) is 0 Å². The molecule has 0 N–H and O–H groups in total. The zero-order valence-electron chi connectivity index (χ0n) is 12.9. The molecule has 4 nitrogen and oxygen atoms in total. The molecule has 0 aromatic heterocycles. The molecular weight excluding hydrogens is 286 g/mol. The largest absolute Gasteiger partial charge is 0.466 e. The van der Waals surface area contributed by atoms with Gasteiger partial charge in [-0.15, -0.1) is 0 Å². The molecule has 1 aromatic carbocycles. The Morgan fingerprint density at radius 2 is 2.00 bits per heavy atom. The third-order valence-corrected chi connectivity index (χ3v) is 3.45. The summed E-state index contributed by atoms with van der Waals surface area (Å²) in [4.78, 5) is 24.2. The van der Waals surface area contributed by atoms with Crippen LogP contribution in [0.15, 0.2) is 18.2 Å². The maximum atomic E-state index is 11.8. The highest BCUT2D eigenvalue weighted by Crippen LogP contribution is 2.20. The smallest absolute Gasteiger partial charge is 0.302 e. The van der Waals surface area contributed by atoms with Crippen LogP contribution < -0.4 is 4.90 Å². The summed E-state index contributed by atoms with van der Waals surface area (Å²) in [5, 5.41) is 0. The Kier molecular flexibility index (Phi) is 7.29. The van der Waals surface area contributed by atoms with Crippen LogP contribution in [-0.4, -0.2) is 30.8 Å². The number of ether oxygens (including phenoxy) is 1. The molecule has 0 bridgehead atoms. The first-order chi connectivity index (χ1) is 9.95. The number of amides is 1. The number of carbonyl (C=O) groups is 2. The second-order valence-corrected chi connectivity index (χ2v) is 5.40. The van der Waals surface area contributed by atoms with E-state index in [1.54, 1.807) is 11.8 Å². The Bertz CT molecular complexity index is 502. The van der Waals surface area contributed by atoms with Crippen LogP contribution in [0.1, 0.15) is 31.4 Å². The number of thiol groups is 1. The molecule has 0 aliphatic rings. The molecule has 0 aliphatic heterocycles. The number of anilines is 1. The van der Waals surface area contributed by atoms with Crippen LogP contribution in [0.2, 0.25) is 0 Å². The molecule has 0 atom stereocenters. The molecule has 1 aromatic rings. The van der Waals surface area contributed by atoms with Crippen molar-refractivity contribution < 1.29 is 14.3 Å². The van der Waals surface area contributed by atoms with E-state index in [0.717, 1.165) is 23.4 Å². The summed E-state index contributed by atoms with van der Waals surface area (Å²) in [6, 6.07) is 6.02. The second-order valence-electron chi connectivity index (χ2n) is 4.95. The average Bonchev–Trinajstić information content (AvgIpc) is 2.40. The molecule has 1 amide bonds. The second kappa shape index (κ2) is 8.72. The highest BCUT2D eigenvalue weighted by molar-refractivity contribution is 7.80. The van der Waals surface area contributed by atoms with Crippen LogP contribution in [0.3, 0.4) is 0 Å². The van der Waals surface area contributed by atoms with Crippen LogP contribution >= 0.6 is 12.6 Å². The maximum absolute atomic E-state index is 11.8. The molecule has 1 rings (SSSR count). The fraction of sp³-hybridized carbons (Fsp3) is 0.500. The number of aryl methyl sites for hydroxylation is 2. The van der Waals surface area contributed by atoms with Crippen LogP contribution in [0, 0.1) is 6.92 Å². The van der Waals surface area contributed by atoms with Crippen molar-refractivity contribution in [3.05, 3.63) is 29.3 Å². The first-order valence-corrected chi connectivity index (χ1v) is 7.70. The Morgan fingerprint density at radius 1 is 1.29 bits per heavy atom. The van der Waals surface area contributed by atoms with E-state index in [1.165, 1.54) is 12.5 Å². The first kappa shape index (κ1) is 17.6. The Labute approximate surface area is 131 Å². The van der Waals surface area contributed by atoms with Gasteiger partial charge in [-0.1, -0.05) is 6.07 Å². The lowest BCUT2D eigenvalue weighted by molar-refractivity contribution is -0.140. The van der Waals surface area contributed by atoms with Crippen molar-refractivity contribution in [1.82, 2.24) is 0 Å². The zero-order valence-corrected chi connectivity index (χ0v) is 13.8. The predicted molar refractivity (Wildman–Crippen MR) is 88.0 cm³/mol. The van der Waals surface area contributed by atoms with Gasteiger partial charge in [0.1, 0.15) is 0 Å². The van der Waals surface area contributed by atoms with Crippen LogP contribution in [-0.2, 0) is 20.7 Å². The number of hydrogen-bond acceptors (Lipinski definition) is 4. The van der Waals surface area contributed by atoms with Gasteiger partial charge in [0.15, 0.2) is 0 Å². The van der Waals surface area contributed by atoms with E-state index in [-0.39, 0.29) is 11.9 Å². The number of carbonyl (C=O) groups excluding carboxylic acids is 2. The van der Waals surface area contributed by atoms with Gasteiger partial charge in [-0.3, -0.25) is 9.59 Å². The van der Waals surface area contributed by atoms with Crippen molar-refractivity contribution in [3.63, 3.8) is 0 Å². The summed E-state index contributed by atoms with van der Waals surface area (Å²) in [7, 11) is 0. The SMILES string of the molecule is CC(=O)OCCCN(C(C)=O)c1ccc(CCS)c(C)c1. The fourth-order valence-electron chi connectivity index (χ4n) is 2.16. The third-order valence-electron chi connectivity index (χ3n) is 3.23. The van der Waals surface area contributed by atoms with Gasteiger partial charge in [0, 0.05) is 26.1 Å². The van der Waals surface area contributed by atoms with Crippen LogP contribution in [0.25, 0.3) is 0 Å². The molecular formula is C16H23NO3S. The highest BCUT2D eigenvalue weighted by Gasteiger charge is 2.12. The van der Waals surface area contributed by atoms with Gasteiger partial charge in [-0.2, -0.15) is 12.6 Å². The quantitative estimate of drug-likeness (QED) is 0.478. The van der Waals surface area contributed by atoms with Crippen molar-refractivity contribution in [3.8, 4) is 0 Å². The lowest BCUT2D eigenvalue weighted by atomic mass is 10.1. The predicted octanol–water partition coefficient (Wildman–Crippen LogP) is 2.77. The van der Waals surface area contributed by atoms with Crippen molar-refractivity contribution in [2.24, 2.45) is 0 Å². The Hall–Kier alpha value is -1.49. The number of hydrogen-bond donors (Lipinski definition) is 1. The summed E-state index contributed by atoms with van der Waals surface area (Å²) >= 11 is 4.25. The molecule has 0 fully saturated rings. The van der Waals surface area contributed by atoms with E-state index >= 15 is 0 Å². The van der Waals surface area contributed by atoms with Gasteiger partial charge in [-0.05, 0) is 48.8 Å². The van der Waals surface area contributed by atoms with Gasteiger partial charge < -0.3 is 9.64 Å². The van der Waals surface area contributed by atoms with E-state index in [2.05, 4.69) is 12.6 Å². The van der Waals surface area contributed by atoms with Gasteiger partial charge >= 0.3 is 5.97 Å². The van der Waals surface area contributed by atoms with E-state index in [9.17, 15) is 9.59 Å². The normalized spacial score (nSPS) is 10.3. The molecule has 0 saturated carbocycles. The van der Waals surface area contributed by atoms with E-state index in [4.69, 9.17) is 4.74 Å². The van der Waals surface area contributed by atoms with Gasteiger partial charge in [0.2, 0.25) is 5.91 Å². The van der Waals surface area contributed by atoms with Gasteiger partial charge in [0.25, 0.3) is 0 Å². The van der Waals surface area contributed by atoms with Gasteiger partial charge in [0.05, 0.1) is 6.61 Å². The van der Waals surface area contributed by atoms with E-state index < -0.39 is 0 Å². The molecule has 0 aliphatic carbocycles. The molecule has 0 saturated heterocycles. The zero-order chi connectivity index (χ0) is 15.8. The van der Waals surface area contributed by atoms with Gasteiger partial charge in [-0.25, -0.2) is 0 Å². The lowest BCUT2D eigenvalue weighted by Crippen LogP contribution is -2.30. The molecule has 0 radical (unpaired) electrons. The minimum absolute atomic E-state index is 0.0147. The minimum Gasteiger partial charge on any atom is -0.466 e. The maximum Gasteiger partial charge on any atom is 0.302 e.